The fourth-order valence-electron chi connectivity index (χ4n) is 2.24. The molecule has 0 unspecified atom stereocenters. The van der Waals surface area contributed by atoms with Crippen molar-refractivity contribution in [1.29, 1.82) is 0 Å². The fraction of sp³-hybridized carbons (Fsp3) is 0.333. The molecule has 2 rings (SSSR count). The number of nitrogens with one attached hydrogen (secondary N) is 2. The van der Waals surface area contributed by atoms with Gasteiger partial charge in [-0.05, 0) is 36.2 Å². The number of halogens is 1. The van der Waals surface area contributed by atoms with Crippen LogP contribution in [0.15, 0.2) is 64.1 Å². The number of carbonyl (C=O) groups excluding carboxylic acids is 1. The summed E-state index contributed by atoms with van der Waals surface area (Å²) in [7, 11) is 3.47. The molecule has 7 heteroatoms. The molecule has 0 bridgehead atoms. The van der Waals surface area contributed by atoms with Crippen LogP contribution in [0, 0.1) is 0 Å². The molecule has 0 spiro atoms. The highest BCUT2D eigenvalue weighted by Crippen LogP contribution is 2.11. The van der Waals surface area contributed by atoms with E-state index in [0.29, 0.717) is 25.7 Å². The highest BCUT2D eigenvalue weighted by molar-refractivity contribution is 9.10. The van der Waals surface area contributed by atoms with Gasteiger partial charge in [0.05, 0.1) is 19.7 Å². The van der Waals surface area contributed by atoms with E-state index in [9.17, 15) is 4.79 Å². The van der Waals surface area contributed by atoms with Crippen molar-refractivity contribution in [1.82, 2.24) is 15.5 Å². The number of para-hydroxylation sites is 1. The molecule has 28 heavy (non-hydrogen) atoms. The summed E-state index contributed by atoms with van der Waals surface area (Å²) in [4.78, 5) is 18.0. The van der Waals surface area contributed by atoms with Crippen molar-refractivity contribution < 1.29 is 9.53 Å². The second kappa shape index (κ2) is 12.0. The van der Waals surface area contributed by atoms with Gasteiger partial charge in [0.2, 0.25) is 5.91 Å². The Morgan fingerprint density at radius 2 is 1.79 bits per heavy atom. The minimum Gasteiger partial charge on any atom is -0.494 e. The number of carbonyl (C=O) groups is 1. The lowest BCUT2D eigenvalue weighted by molar-refractivity contribution is -0.127. The van der Waals surface area contributed by atoms with Gasteiger partial charge in [-0.2, -0.15) is 0 Å². The number of rotatable bonds is 9. The zero-order valence-corrected chi connectivity index (χ0v) is 17.9. The van der Waals surface area contributed by atoms with Gasteiger partial charge in [-0.3, -0.25) is 4.79 Å². The maximum absolute atomic E-state index is 11.8. The van der Waals surface area contributed by atoms with Crippen LogP contribution in [0.4, 0.5) is 0 Å². The quantitative estimate of drug-likeness (QED) is 0.353. The first-order valence-corrected chi connectivity index (χ1v) is 9.98. The first kappa shape index (κ1) is 21.8. The van der Waals surface area contributed by atoms with Crippen LogP contribution in [0.5, 0.6) is 5.75 Å². The highest BCUT2D eigenvalue weighted by Gasteiger charge is 2.06. The lowest BCUT2D eigenvalue weighted by Gasteiger charge is -2.15. The maximum Gasteiger partial charge on any atom is 0.241 e. The van der Waals surface area contributed by atoms with Crippen molar-refractivity contribution in [3.8, 4) is 5.75 Å². The topological polar surface area (TPSA) is 66.0 Å². The Labute approximate surface area is 175 Å². The minimum atomic E-state index is -0.00875. The lowest BCUT2D eigenvalue weighted by Crippen LogP contribution is -2.43. The van der Waals surface area contributed by atoms with Gasteiger partial charge < -0.3 is 20.3 Å². The summed E-state index contributed by atoms with van der Waals surface area (Å²) >= 11 is 3.43. The summed E-state index contributed by atoms with van der Waals surface area (Å²) in [5.74, 6) is 1.46. The van der Waals surface area contributed by atoms with Crippen molar-refractivity contribution in [3.63, 3.8) is 0 Å². The van der Waals surface area contributed by atoms with E-state index in [1.165, 1.54) is 0 Å². The van der Waals surface area contributed by atoms with Crippen LogP contribution in [-0.2, 0) is 11.3 Å². The van der Waals surface area contributed by atoms with Crippen molar-refractivity contribution in [2.75, 3.05) is 33.8 Å². The normalized spacial score (nSPS) is 11.0. The van der Waals surface area contributed by atoms with Gasteiger partial charge in [0.15, 0.2) is 5.96 Å². The molecule has 6 nitrogen and oxygen atoms in total. The summed E-state index contributed by atoms with van der Waals surface area (Å²) in [6.45, 7) is 2.02. The zero-order valence-electron chi connectivity index (χ0n) is 16.3. The third-order valence-corrected chi connectivity index (χ3v) is 4.39. The van der Waals surface area contributed by atoms with E-state index in [4.69, 9.17) is 4.74 Å². The van der Waals surface area contributed by atoms with Crippen LogP contribution < -0.4 is 15.4 Å². The Balaban J connectivity index is 1.83. The monoisotopic (exact) mass is 446 g/mol. The number of likely N-dealkylation sites (N-methyl/N-ethyl adjacent to an activating group) is 1. The molecule has 2 N–H and O–H groups in total. The van der Waals surface area contributed by atoms with Crippen molar-refractivity contribution >= 4 is 27.8 Å². The molecule has 150 valence electrons. The van der Waals surface area contributed by atoms with E-state index in [2.05, 4.69) is 31.6 Å². The number of amides is 1. The largest absolute Gasteiger partial charge is 0.494 e. The third kappa shape index (κ3) is 8.43. The van der Waals surface area contributed by atoms with Crippen molar-refractivity contribution in [2.45, 2.75) is 13.0 Å². The van der Waals surface area contributed by atoms with Gasteiger partial charge in [-0.1, -0.05) is 46.3 Å². The predicted molar refractivity (Wildman–Crippen MR) is 117 cm³/mol. The van der Waals surface area contributed by atoms with Crippen LogP contribution in [-0.4, -0.2) is 50.6 Å². The van der Waals surface area contributed by atoms with Gasteiger partial charge in [0, 0.05) is 25.1 Å². The molecule has 0 aliphatic heterocycles. The van der Waals surface area contributed by atoms with E-state index < -0.39 is 0 Å². The number of nitrogens with zero attached hydrogens (tertiary/aromatic N) is 2. The summed E-state index contributed by atoms with van der Waals surface area (Å²) in [6, 6.07) is 17.7. The Hall–Kier alpha value is -2.54. The molecular weight excluding hydrogens is 420 g/mol. The average Bonchev–Trinajstić information content (AvgIpc) is 2.70. The van der Waals surface area contributed by atoms with E-state index >= 15 is 0 Å². The molecule has 2 aromatic rings. The summed E-state index contributed by atoms with van der Waals surface area (Å²) in [5, 5.41) is 6.35. The first-order valence-electron chi connectivity index (χ1n) is 9.19. The molecule has 2 aromatic carbocycles. The number of benzene rings is 2. The Morgan fingerprint density at radius 3 is 2.46 bits per heavy atom. The summed E-state index contributed by atoms with van der Waals surface area (Å²) in [5.41, 5.74) is 1.09. The van der Waals surface area contributed by atoms with Crippen LogP contribution >= 0.6 is 15.9 Å². The van der Waals surface area contributed by atoms with E-state index in [1.807, 2.05) is 54.6 Å². The number of aliphatic imine (C=N–C) groups is 1. The zero-order chi connectivity index (χ0) is 20.2. The predicted octanol–water partition coefficient (Wildman–Crippen LogP) is 3.04. The smallest absolute Gasteiger partial charge is 0.241 e. The minimum absolute atomic E-state index is 0.00875. The van der Waals surface area contributed by atoms with Gasteiger partial charge in [-0.25, -0.2) is 4.99 Å². The molecular formula is C21H27BrN4O2. The summed E-state index contributed by atoms with van der Waals surface area (Å²) in [6.07, 6.45) is 0.815. The molecule has 0 aliphatic rings. The molecule has 0 aromatic heterocycles. The average molecular weight is 447 g/mol. The lowest BCUT2D eigenvalue weighted by atomic mass is 10.2. The van der Waals surface area contributed by atoms with Gasteiger partial charge in [0.25, 0.3) is 0 Å². The Kier molecular flexibility index (Phi) is 9.34. The Bertz CT molecular complexity index is 749. The maximum atomic E-state index is 11.8. The molecule has 0 radical (unpaired) electrons. The van der Waals surface area contributed by atoms with E-state index in [-0.39, 0.29) is 12.5 Å². The second-order valence-electron chi connectivity index (χ2n) is 6.37. The first-order chi connectivity index (χ1) is 13.5. The molecule has 0 atom stereocenters. The van der Waals surface area contributed by atoms with Gasteiger partial charge in [0.1, 0.15) is 5.75 Å². The van der Waals surface area contributed by atoms with Crippen LogP contribution in [0.1, 0.15) is 12.0 Å². The summed E-state index contributed by atoms with van der Waals surface area (Å²) < 4.78 is 6.73. The standard InChI is InChI=1S/C21H27BrN4O2/c1-26(2)20(27)16-25-21(24-15-17-9-11-18(22)12-10-17)23-13-6-14-28-19-7-4-3-5-8-19/h3-5,7-12H,6,13-16H2,1-2H3,(H2,23,24,25). The van der Waals surface area contributed by atoms with Gasteiger partial charge >= 0.3 is 0 Å². The molecule has 0 aliphatic carbocycles. The molecule has 0 saturated heterocycles. The number of ether oxygens (including phenoxy) is 1. The third-order valence-electron chi connectivity index (χ3n) is 3.86. The van der Waals surface area contributed by atoms with Crippen LogP contribution in [0.25, 0.3) is 0 Å². The molecule has 0 fully saturated rings. The van der Waals surface area contributed by atoms with Crippen LogP contribution in [0.3, 0.4) is 0 Å². The highest BCUT2D eigenvalue weighted by atomic mass is 79.9. The second-order valence-corrected chi connectivity index (χ2v) is 7.29. The Morgan fingerprint density at radius 1 is 1.07 bits per heavy atom. The van der Waals surface area contributed by atoms with Gasteiger partial charge in [-0.15, -0.1) is 0 Å². The number of guanidine groups is 1. The molecule has 0 heterocycles. The molecule has 0 saturated carbocycles. The van der Waals surface area contributed by atoms with E-state index in [0.717, 1.165) is 22.2 Å². The van der Waals surface area contributed by atoms with Crippen molar-refractivity contribution in [2.24, 2.45) is 4.99 Å². The van der Waals surface area contributed by atoms with E-state index in [1.54, 1.807) is 19.0 Å². The number of hydrogen-bond donors (Lipinski definition) is 2. The SMILES string of the molecule is CN(C)C(=O)CNC(=NCc1ccc(Br)cc1)NCCCOc1ccccc1. The molecule has 1 amide bonds. The fourth-order valence-corrected chi connectivity index (χ4v) is 2.50. The van der Waals surface area contributed by atoms with Crippen molar-refractivity contribution in [3.05, 3.63) is 64.6 Å². The van der Waals surface area contributed by atoms with Crippen LogP contribution in [0.2, 0.25) is 0 Å². The number of hydrogen-bond acceptors (Lipinski definition) is 3.